The number of aryl methyl sites for hydroxylation is 1. The van der Waals surface area contributed by atoms with E-state index in [2.05, 4.69) is 0 Å². The van der Waals surface area contributed by atoms with Gasteiger partial charge in [-0.25, -0.2) is 4.39 Å². The van der Waals surface area contributed by atoms with Crippen molar-refractivity contribution in [1.82, 2.24) is 9.80 Å². The lowest BCUT2D eigenvalue weighted by molar-refractivity contribution is -0.147. The zero-order valence-corrected chi connectivity index (χ0v) is 17.4. The molecule has 1 heterocycles. The topological polar surface area (TPSA) is 53.8 Å². The standard InChI is InChI=1S/C23H29FN2O3/c1-16(2)26(23(28)19-5-4-6-19)15-22(27)25(14-21-12-7-17(3)29-21)13-18-8-10-20(24)11-9-18/h7-12,16,19H,4-6,13-15H2,1-3H3. The maximum absolute atomic E-state index is 13.3. The summed E-state index contributed by atoms with van der Waals surface area (Å²) in [6, 6.07) is 9.76. The van der Waals surface area contributed by atoms with Crippen molar-refractivity contribution in [3.8, 4) is 0 Å². The first-order valence-electron chi connectivity index (χ1n) is 10.2. The molecule has 0 bridgehead atoms. The molecule has 0 N–H and O–H groups in total. The summed E-state index contributed by atoms with van der Waals surface area (Å²) < 4.78 is 18.9. The first kappa shape index (κ1) is 21.1. The fourth-order valence-electron chi connectivity index (χ4n) is 3.45. The average Bonchev–Trinajstić information content (AvgIpc) is 3.03. The summed E-state index contributed by atoms with van der Waals surface area (Å²) in [5.74, 6) is 1.10. The van der Waals surface area contributed by atoms with Crippen LogP contribution in [0.1, 0.15) is 50.2 Å². The Hall–Kier alpha value is -2.63. The van der Waals surface area contributed by atoms with Gasteiger partial charge in [-0.2, -0.15) is 0 Å². The molecule has 2 aromatic rings. The average molecular weight is 400 g/mol. The van der Waals surface area contributed by atoms with Crippen molar-refractivity contribution in [3.63, 3.8) is 0 Å². The molecule has 0 saturated heterocycles. The van der Waals surface area contributed by atoms with Gasteiger partial charge in [0.05, 0.1) is 6.54 Å². The van der Waals surface area contributed by atoms with Gasteiger partial charge in [-0.15, -0.1) is 0 Å². The number of rotatable bonds is 8. The Labute approximate surface area is 171 Å². The predicted octanol–water partition coefficient (Wildman–Crippen LogP) is 4.29. The second-order valence-corrected chi connectivity index (χ2v) is 8.08. The highest BCUT2D eigenvalue weighted by atomic mass is 19.1. The van der Waals surface area contributed by atoms with Gasteiger partial charge < -0.3 is 14.2 Å². The van der Waals surface area contributed by atoms with Crippen LogP contribution in [-0.2, 0) is 22.7 Å². The maximum Gasteiger partial charge on any atom is 0.242 e. The summed E-state index contributed by atoms with van der Waals surface area (Å²) in [4.78, 5) is 29.3. The lowest BCUT2D eigenvalue weighted by atomic mass is 9.84. The van der Waals surface area contributed by atoms with Gasteiger partial charge in [-0.1, -0.05) is 18.6 Å². The van der Waals surface area contributed by atoms with Crippen LogP contribution in [0.5, 0.6) is 0 Å². The summed E-state index contributed by atoms with van der Waals surface area (Å²) >= 11 is 0. The molecule has 0 unspecified atom stereocenters. The molecule has 0 radical (unpaired) electrons. The molecule has 29 heavy (non-hydrogen) atoms. The van der Waals surface area contributed by atoms with E-state index in [1.54, 1.807) is 21.9 Å². The summed E-state index contributed by atoms with van der Waals surface area (Å²) in [6.45, 7) is 6.38. The molecule has 1 aromatic carbocycles. The number of amides is 2. The van der Waals surface area contributed by atoms with Gasteiger partial charge >= 0.3 is 0 Å². The van der Waals surface area contributed by atoms with Crippen LogP contribution in [0.4, 0.5) is 4.39 Å². The van der Waals surface area contributed by atoms with Crippen molar-refractivity contribution in [3.05, 3.63) is 59.3 Å². The third-order valence-corrected chi connectivity index (χ3v) is 5.45. The normalized spacial score (nSPS) is 14.0. The first-order valence-corrected chi connectivity index (χ1v) is 10.2. The Balaban J connectivity index is 1.76. The minimum atomic E-state index is -0.314. The Bertz CT molecular complexity index is 840. The Morgan fingerprint density at radius 2 is 1.79 bits per heavy atom. The van der Waals surface area contributed by atoms with Crippen LogP contribution in [0.25, 0.3) is 0 Å². The van der Waals surface area contributed by atoms with E-state index in [-0.39, 0.29) is 36.1 Å². The van der Waals surface area contributed by atoms with E-state index in [0.29, 0.717) is 18.8 Å². The van der Waals surface area contributed by atoms with Gasteiger partial charge in [0.25, 0.3) is 0 Å². The minimum Gasteiger partial charge on any atom is -0.464 e. The zero-order valence-electron chi connectivity index (χ0n) is 17.4. The van der Waals surface area contributed by atoms with E-state index in [0.717, 1.165) is 30.6 Å². The molecule has 5 nitrogen and oxygen atoms in total. The Kier molecular flexibility index (Phi) is 6.72. The number of nitrogens with zero attached hydrogens (tertiary/aromatic N) is 2. The highest BCUT2D eigenvalue weighted by Crippen LogP contribution is 2.29. The van der Waals surface area contributed by atoms with Gasteiger partial charge in [-0.3, -0.25) is 9.59 Å². The fourth-order valence-corrected chi connectivity index (χ4v) is 3.45. The van der Waals surface area contributed by atoms with Gasteiger partial charge in [0.2, 0.25) is 11.8 Å². The summed E-state index contributed by atoms with van der Waals surface area (Å²) in [6.07, 6.45) is 2.88. The molecule has 6 heteroatoms. The zero-order chi connectivity index (χ0) is 21.0. The van der Waals surface area contributed by atoms with Gasteiger partial charge in [0, 0.05) is 18.5 Å². The molecular formula is C23H29FN2O3. The number of furan rings is 1. The molecule has 0 atom stereocenters. The number of halogens is 1. The molecule has 1 aromatic heterocycles. The first-order chi connectivity index (χ1) is 13.8. The van der Waals surface area contributed by atoms with Crippen molar-refractivity contribution in [2.45, 2.75) is 59.2 Å². The molecule has 0 spiro atoms. The maximum atomic E-state index is 13.3. The smallest absolute Gasteiger partial charge is 0.242 e. The predicted molar refractivity (Wildman–Crippen MR) is 108 cm³/mol. The number of carbonyl (C=O) groups excluding carboxylic acids is 2. The second-order valence-electron chi connectivity index (χ2n) is 8.08. The number of carbonyl (C=O) groups is 2. The lowest BCUT2D eigenvalue weighted by Gasteiger charge is -2.35. The Morgan fingerprint density at radius 3 is 2.31 bits per heavy atom. The van der Waals surface area contributed by atoms with E-state index < -0.39 is 0 Å². The summed E-state index contributed by atoms with van der Waals surface area (Å²) in [5, 5.41) is 0. The van der Waals surface area contributed by atoms with E-state index >= 15 is 0 Å². The molecular weight excluding hydrogens is 371 g/mol. The van der Waals surface area contributed by atoms with E-state index in [1.165, 1.54) is 12.1 Å². The quantitative estimate of drug-likeness (QED) is 0.664. The number of benzene rings is 1. The molecule has 156 valence electrons. The van der Waals surface area contributed by atoms with Gasteiger partial charge in [0.15, 0.2) is 0 Å². The van der Waals surface area contributed by atoms with Crippen LogP contribution >= 0.6 is 0 Å². The molecule has 1 aliphatic carbocycles. The van der Waals surface area contributed by atoms with E-state index in [4.69, 9.17) is 4.42 Å². The van der Waals surface area contributed by atoms with Crippen molar-refractivity contribution in [1.29, 1.82) is 0 Å². The lowest BCUT2D eigenvalue weighted by Crippen LogP contribution is -2.48. The number of hydrogen-bond acceptors (Lipinski definition) is 3. The van der Waals surface area contributed by atoms with Crippen molar-refractivity contribution >= 4 is 11.8 Å². The monoisotopic (exact) mass is 400 g/mol. The van der Waals surface area contributed by atoms with Gasteiger partial charge in [-0.05, 0) is 63.4 Å². The van der Waals surface area contributed by atoms with Crippen molar-refractivity contribution < 1.29 is 18.4 Å². The highest BCUT2D eigenvalue weighted by Gasteiger charge is 2.32. The molecule has 2 amide bonds. The van der Waals surface area contributed by atoms with Crippen molar-refractivity contribution in [2.75, 3.05) is 6.54 Å². The second kappa shape index (κ2) is 9.25. The fraction of sp³-hybridized carbons (Fsp3) is 0.478. The van der Waals surface area contributed by atoms with Crippen LogP contribution in [0.3, 0.4) is 0 Å². The molecule has 3 rings (SSSR count). The van der Waals surface area contributed by atoms with E-state index in [9.17, 15) is 14.0 Å². The van der Waals surface area contributed by atoms with Crippen LogP contribution in [0.2, 0.25) is 0 Å². The third-order valence-electron chi connectivity index (χ3n) is 5.45. The minimum absolute atomic E-state index is 0.0356. The van der Waals surface area contributed by atoms with Crippen LogP contribution in [0, 0.1) is 18.7 Å². The third kappa shape index (κ3) is 5.46. The van der Waals surface area contributed by atoms with Crippen molar-refractivity contribution in [2.24, 2.45) is 5.92 Å². The Morgan fingerprint density at radius 1 is 1.10 bits per heavy atom. The largest absolute Gasteiger partial charge is 0.464 e. The highest BCUT2D eigenvalue weighted by molar-refractivity contribution is 5.86. The van der Waals surface area contributed by atoms with Gasteiger partial charge in [0.1, 0.15) is 23.9 Å². The van der Waals surface area contributed by atoms with Crippen LogP contribution in [0.15, 0.2) is 40.8 Å². The molecule has 0 aliphatic heterocycles. The summed E-state index contributed by atoms with van der Waals surface area (Å²) in [7, 11) is 0. The summed E-state index contributed by atoms with van der Waals surface area (Å²) in [5.41, 5.74) is 0.824. The van der Waals surface area contributed by atoms with E-state index in [1.807, 2.05) is 32.9 Å². The van der Waals surface area contributed by atoms with Crippen LogP contribution in [-0.4, -0.2) is 34.2 Å². The molecule has 1 aliphatic rings. The SMILES string of the molecule is Cc1ccc(CN(Cc2ccc(F)cc2)C(=O)CN(C(=O)C2CCC2)C(C)C)o1. The number of hydrogen-bond donors (Lipinski definition) is 0. The van der Waals surface area contributed by atoms with Crippen LogP contribution < -0.4 is 0 Å². The molecule has 1 fully saturated rings. The molecule has 1 saturated carbocycles.